The van der Waals surface area contributed by atoms with E-state index in [9.17, 15) is 8.42 Å². The molecule has 0 fully saturated rings. The maximum absolute atomic E-state index is 11.4. The molecule has 0 bridgehead atoms. The van der Waals surface area contributed by atoms with Gasteiger partial charge < -0.3 is 0 Å². The summed E-state index contributed by atoms with van der Waals surface area (Å²) in [5.41, 5.74) is 2.21. The van der Waals surface area contributed by atoms with Crippen molar-refractivity contribution in [3.05, 3.63) is 35.4 Å². The molecule has 0 saturated carbocycles. The molecule has 0 heterocycles. The summed E-state index contributed by atoms with van der Waals surface area (Å²) in [5.74, 6) is 0.614. The van der Waals surface area contributed by atoms with E-state index in [0.717, 1.165) is 12.0 Å². The zero-order chi connectivity index (χ0) is 13.8. The van der Waals surface area contributed by atoms with Gasteiger partial charge in [-0.2, -0.15) is 0 Å². The second-order valence-corrected chi connectivity index (χ2v) is 7.24. The van der Waals surface area contributed by atoms with Crippen LogP contribution in [-0.2, 0) is 16.4 Å². The molecule has 0 aliphatic rings. The monoisotopic (exact) mass is 289 g/mol. The molecule has 0 saturated heterocycles. The van der Waals surface area contributed by atoms with Crippen LogP contribution in [0.25, 0.3) is 0 Å². The number of benzene rings is 1. The van der Waals surface area contributed by atoms with Gasteiger partial charge in [0.05, 0.1) is 0 Å². The van der Waals surface area contributed by atoms with Gasteiger partial charge >= 0.3 is 0 Å². The number of rotatable bonds is 6. The van der Waals surface area contributed by atoms with Crippen LogP contribution in [0.15, 0.2) is 24.3 Å². The van der Waals surface area contributed by atoms with Gasteiger partial charge in [-0.05, 0) is 30.4 Å². The van der Waals surface area contributed by atoms with Crippen molar-refractivity contribution in [2.24, 2.45) is 5.92 Å². The van der Waals surface area contributed by atoms with Crippen molar-refractivity contribution >= 4 is 21.6 Å². The van der Waals surface area contributed by atoms with Crippen molar-refractivity contribution < 1.29 is 8.42 Å². The Morgan fingerprint density at radius 1 is 1.17 bits per heavy atom. The number of hydrogen-bond acceptors (Lipinski definition) is 2. The van der Waals surface area contributed by atoms with Crippen LogP contribution < -0.4 is 4.72 Å². The van der Waals surface area contributed by atoms with Gasteiger partial charge in [-0.25, -0.2) is 13.1 Å². The van der Waals surface area contributed by atoms with Gasteiger partial charge in [-0.3, -0.25) is 0 Å². The molecule has 0 radical (unpaired) electrons. The molecule has 1 unspecified atom stereocenters. The van der Waals surface area contributed by atoms with Crippen LogP contribution in [0.3, 0.4) is 0 Å². The molecular weight excluding hydrogens is 270 g/mol. The molecule has 0 amide bonds. The van der Waals surface area contributed by atoms with Crippen LogP contribution in [-0.4, -0.2) is 13.6 Å². The predicted molar refractivity (Wildman–Crippen MR) is 76.2 cm³/mol. The molecule has 0 aliphatic carbocycles. The summed E-state index contributed by atoms with van der Waals surface area (Å²) in [7, 11) is -3.38. The molecule has 1 aromatic carbocycles. The number of hydrogen-bond donors (Lipinski definition) is 1. The Kier molecular flexibility index (Phi) is 5.63. The molecule has 1 rings (SSSR count). The third-order valence-electron chi connectivity index (χ3n) is 2.62. The topological polar surface area (TPSA) is 46.2 Å². The van der Waals surface area contributed by atoms with Crippen molar-refractivity contribution in [2.45, 2.75) is 33.2 Å². The Hall–Kier alpha value is -0.580. The Morgan fingerprint density at radius 3 is 2.17 bits per heavy atom. The fraction of sp³-hybridized carbons (Fsp3) is 0.538. The second-order valence-electron chi connectivity index (χ2n) is 4.90. The highest BCUT2D eigenvalue weighted by Crippen LogP contribution is 2.16. The molecular formula is C13H20ClNO2S. The molecule has 0 spiro atoms. The molecule has 1 aromatic rings. The van der Waals surface area contributed by atoms with Gasteiger partial charge in [-0.15, -0.1) is 11.6 Å². The van der Waals surface area contributed by atoms with Crippen LogP contribution in [0.4, 0.5) is 0 Å². The average molecular weight is 290 g/mol. The molecule has 5 heteroatoms. The minimum atomic E-state index is -3.38. The quantitative estimate of drug-likeness (QED) is 0.818. The van der Waals surface area contributed by atoms with E-state index in [1.807, 2.05) is 31.2 Å². The lowest BCUT2D eigenvalue weighted by atomic mass is 10.0. The summed E-state index contributed by atoms with van der Waals surface area (Å²) < 4.78 is 25.2. The first-order valence-corrected chi connectivity index (χ1v) is 8.17. The maximum Gasteiger partial charge on any atom is 0.226 e. The van der Waals surface area contributed by atoms with Gasteiger partial charge in [0.2, 0.25) is 10.0 Å². The molecule has 0 aromatic heterocycles. The first-order chi connectivity index (χ1) is 8.34. The first kappa shape index (κ1) is 15.5. The third-order valence-corrected chi connectivity index (χ3v) is 4.49. The van der Waals surface area contributed by atoms with Crippen molar-refractivity contribution in [2.75, 3.05) is 5.21 Å². The number of halogens is 1. The van der Waals surface area contributed by atoms with Crippen LogP contribution >= 0.6 is 11.6 Å². The SMILES string of the molecule is CC(C)Cc1ccc(C(C)NS(=O)(=O)CCl)cc1. The van der Waals surface area contributed by atoms with Crippen molar-refractivity contribution in [3.8, 4) is 0 Å². The largest absolute Gasteiger partial charge is 0.226 e. The van der Waals surface area contributed by atoms with E-state index < -0.39 is 15.2 Å². The highest BCUT2D eigenvalue weighted by molar-refractivity contribution is 7.90. The molecule has 0 aliphatic heterocycles. The minimum Gasteiger partial charge on any atom is -0.211 e. The smallest absolute Gasteiger partial charge is 0.211 e. The van der Waals surface area contributed by atoms with Crippen LogP contribution in [0.1, 0.15) is 37.9 Å². The Morgan fingerprint density at radius 2 is 1.72 bits per heavy atom. The standard InChI is InChI=1S/C13H20ClNO2S/c1-10(2)8-12-4-6-13(7-5-12)11(3)15-18(16,17)9-14/h4-7,10-11,15H,8-9H2,1-3H3. The average Bonchev–Trinajstić information content (AvgIpc) is 2.28. The zero-order valence-corrected chi connectivity index (χ0v) is 12.6. The summed E-state index contributed by atoms with van der Waals surface area (Å²) in [6.45, 7) is 6.15. The van der Waals surface area contributed by atoms with Crippen LogP contribution in [0.2, 0.25) is 0 Å². The molecule has 3 nitrogen and oxygen atoms in total. The number of alkyl halides is 1. The number of nitrogens with one attached hydrogen (secondary N) is 1. The van der Waals surface area contributed by atoms with E-state index in [1.54, 1.807) is 0 Å². The highest BCUT2D eigenvalue weighted by Gasteiger charge is 2.14. The van der Waals surface area contributed by atoms with Gasteiger partial charge in [0.25, 0.3) is 0 Å². The van der Waals surface area contributed by atoms with Crippen molar-refractivity contribution in [3.63, 3.8) is 0 Å². The third kappa shape index (κ3) is 4.96. The molecule has 1 atom stereocenters. The molecule has 102 valence electrons. The Labute approximate surface area is 115 Å². The lowest BCUT2D eigenvalue weighted by molar-refractivity contribution is 0.571. The summed E-state index contributed by atoms with van der Waals surface area (Å²) in [4.78, 5) is 0. The highest BCUT2D eigenvalue weighted by atomic mass is 35.5. The second kappa shape index (κ2) is 6.55. The van der Waals surface area contributed by atoms with E-state index >= 15 is 0 Å². The van der Waals surface area contributed by atoms with E-state index in [2.05, 4.69) is 18.6 Å². The van der Waals surface area contributed by atoms with Gasteiger partial charge in [0.1, 0.15) is 5.21 Å². The van der Waals surface area contributed by atoms with Crippen LogP contribution in [0.5, 0.6) is 0 Å². The van der Waals surface area contributed by atoms with E-state index in [1.165, 1.54) is 5.56 Å². The Balaban J connectivity index is 2.73. The lowest BCUT2D eigenvalue weighted by Crippen LogP contribution is -2.27. The summed E-state index contributed by atoms with van der Waals surface area (Å²) in [5, 5.41) is -0.414. The van der Waals surface area contributed by atoms with Gasteiger partial charge in [-0.1, -0.05) is 38.1 Å². The first-order valence-electron chi connectivity index (χ1n) is 5.99. The summed E-state index contributed by atoms with van der Waals surface area (Å²) in [6.07, 6.45) is 1.03. The minimum absolute atomic E-state index is 0.262. The zero-order valence-electron chi connectivity index (χ0n) is 11.0. The fourth-order valence-electron chi connectivity index (χ4n) is 1.78. The van der Waals surface area contributed by atoms with Gasteiger partial charge in [0.15, 0.2) is 0 Å². The fourth-order valence-corrected chi connectivity index (χ4v) is 2.71. The number of sulfonamides is 1. The predicted octanol–water partition coefficient (Wildman–Crippen LogP) is 3.06. The van der Waals surface area contributed by atoms with E-state index in [-0.39, 0.29) is 6.04 Å². The Bertz CT molecular complexity index is 468. The summed E-state index contributed by atoms with van der Waals surface area (Å²) in [6, 6.07) is 7.74. The van der Waals surface area contributed by atoms with Crippen molar-refractivity contribution in [1.29, 1.82) is 0 Å². The van der Waals surface area contributed by atoms with E-state index in [0.29, 0.717) is 5.92 Å². The summed E-state index contributed by atoms with van der Waals surface area (Å²) >= 11 is 5.36. The van der Waals surface area contributed by atoms with Crippen LogP contribution in [0, 0.1) is 5.92 Å². The van der Waals surface area contributed by atoms with Crippen molar-refractivity contribution in [1.82, 2.24) is 4.72 Å². The lowest BCUT2D eigenvalue weighted by Gasteiger charge is -2.14. The van der Waals surface area contributed by atoms with Gasteiger partial charge in [0, 0.05) is 6.04 Å². The van der Waals surface area contributed by atoms with E-state index in [4.69, 9.17) is 11.6 Å². The molecule has 1 N–H and O–H groups in total. The normalized spacial score (nSPS) is 13.8. The molecule has 18 heavy (non-hydrogen) atoms. The maximum atomic E-state index is 11.4.